The number of unbranched alkanes of at least 4 members (excludes halogenated alkanes) is 18. The van der Waals surface area contributed by atoms with Crippen molar-refractivity contribution in [2.75, 3.05) is 19.0 Å². The Hall–Kier alpha value is -0.280. The van der Waals surface area contributed by atoms with E-state index in [0.29, 0.717) is 0 Å². The third-order valence-corrected chi connectivity index (χ3v) is 5.81. The van der Waals surface area contributed by atoms with Crippen molar-refractivity contribution in [2.24, 2.45) is 5.73 Å². The molecule has 3 N–H and O–H groups in total. The molecule has 3 nitrogen and oxygen atoms in total. The average Bonchev–Trinajstić information content (AvgIpc) is 2.75. The van der Waals surface area contributed by atoms with Gasteiger partial charge in [0.05, 0.1) is 0 Å². The lowest BCUT2D eigenvalue weighted by Gasteiger charge is -2.05. The van der Waals surface area contributed by atoms with Crippen LogP contribution in [0.4, 0.5) is 0 Å². The van der Waals surface area contributed by atoms with Crippen LogP contribution in [0.1, 0.15) is 142 Å². The van der Waals surface area contributed by atoms with E-state index in [9.17, 15) is 4.79 Å². The monoisotopic (exact) mass is 446 g/mol. The van der Waals surface area contributed by atoms with Crippen LogP contribution in [0.15, 0.2) is 0 Å². The summed E-state index contributed by atoms with van der Waals surface area (Å²) in [4.78, 5) is 9.46. The smallest absolute Gasteiger partial charge is 0.232 e. The zero-order valence-corrected chi connectivity index (χ0v) is 21.4. The van der Waals surface area contributed by atoms with Gasteiger partial charge in [0, 0.05) is 0 Å². The Morgan fingerprint density at radius 3 is 1.03 bits per heavy atom. The highest BCUT2D eigenvalue weighted by Crippen LogP contribution is 2.11. The Morgan fingerprint density at radius 1 is 0.567 bits per heavy atom. The summed E-state index contributed by atoms with van der Waals surface area (Å²) in [5.41, 5.74) is 4.52. The quantitative estimate of drug-likeness (QED) is 0.123. The van der Waals surface area contributed by atoms with Crippen LogP contribution in [0.5, 0.6) is 0 Å². The van der Waals surface area contributed by atoms with Crippen LogP contribution in [0, 0.1) is 0 Å². The molecule has 0 bridgehead atoms. The Balaban J connectivity index is 0. The maximum atomic E-state index is 9.46. The zero-order valence-electron chi connectivity index (χ0n) is 20.6. The van der Waals surface area contributed by atoms with Crippen LogP contribution in [-0.4, -0.2) is 24.9 Å². The number of carbonyl (C=O) groups excluding carboxylic acids is 1. The van der Waals surface area contributed by atoms with Crippen molar-refractivity contribution in [2.45, 2.75) is 142 Å². The first-order chi connectivity index (χ1) is 14.7. The SMILES string of the molecule is CCCCCCCCCCCCNCCCCCCCCCCCC.NC(=O)CCl. The van der Waals surface area contributed by atoms with E-state index in [0.717, 1.165) is 0 Å². The molecule has 0 heterocycles. The molecule has 0 saturated heterocycles. The van der Waals surface area contributed by atoms with Gasteiger partial charge in [-0.3, -0.25) is 4.79 Å². The molecule has 0 spiro atoms. The van der Waals surface area contributed by atoms with E-state index in [1.165, 1.54) is 142 Å². The summed E-state index contributed by atoms with van der Waals surface area (Å²) >= 11 is 4.86. The van der Waals surface area contributed by atoms with Crippen LogP contribution in [0.2, 0.25) is 0 Å². The van der Waals surface area contributed by atoms with Crippen LogP contribution in [-0.2, 0) is 4.79 Å². The van der Waals surface area contributed by atoms with E-state index in [1.807, 2.05) is 0 Å². The van der Waals surface area contributed by atoms with Gasteiger partial charge in [0.25, 0.3) is 0 Å². The molecule has 0 aromatic carbocycles. The predicted molar refractivity (Wildman–Crippen MR) is 136 cm³/mol. The molecular formula is C26H55ClN2O. The Kier molecular flexibility index (Phi) is 32.9. The third kappa shape index (κ3) is 35.2. The summed E-state index contributed by atoms with van der Waals surface area (Å²) in [6, 6.07) is 0. The molecule has 4 heteroatoms. The van der Waals surface area contributed by atoms with Gasteiger partial charge in [-0.05, 0) is 25.9 Å². The first-order valence-corrected chi connectivity index (χ1v) is 13.8. The van der Waals surface area contributed by atoms with Gasteiger partial charge in [-0.15, -0.1) is 11.6 Å². The molecule has 0 aliphatic rings. The Bertz CT molecular complexity index is 291. The fraction of sp³-hybridized carbons (Fsp3) is 0.962. The Labute approximate surface area is 194 Å². The summed E-state index contributed by atoms with van der Waals surface area (Å²) < 4.78 is 0. The number of halogens is 1. The molecule has 30 heavy (non-hydrogen) atoms. The van der Waals surface area contributed by atoms with Crippen molar-refractivity contribution in [3.63, 3.8) is 0 Å². The van der Waals surface area contributed by atoms with Crippen LogP contribution < -0.4 is 11.1 Å². The highest BCUT2D eigenvalue weighted by Gasteiger charge is 1.94. The third-order valence-electron chi connectivity index (χ3n) is 5.55. The molecular weight excluding hydrogens is 392 g/mol. The van der Waals surface area contributed by atoms with Gasteiger partial charge in [0.15, 0.2) is 0 Å². The maximum Gasteiger partial charge on any atom is 0.232 e. The lowest BCUT2D eigenvalue weighted by Crippen LogP contribution is -2.16. The molecule has 0 saturated carbocycles. The van der Waals surface area contributed by atoms with E-state index >= 15 is 0 Å². The van der Waals surface area contributed by atoms with Crippen molar-refractivity contribution >= 4 is 17.5 Å². The van der Waals surface area contributed by atoms with E-state index in [2.05, 4.69) is 24.9 Å². The summed E-state index contributed by atoms with van der Waals surface area (Å²) in [5, 5.41) is 3.64. The molecule has 0 rings (SSSR count). The molecule has 182 valence electrons. The number of hydrogen-bond acceptors (Lipinski definition) is 2. The van der Waals surface area contributed by atoms with Gasteiger partial charge in [-0.2, -0.15) is 0 Å². The maximum absolute atomic E-state index is 9.46. The lowest BCUT2D eigenvalue weighted by atomic mass is 10.1. The molecule has 1 amide bonds. The topological polar surface area (TPSA) is 55.1 Å². The fourth-order valence-electron chi connectivity index (χ4n) is 3.60. The number of amides is 1. The summed E-state index contributed by atoms with van der Waals surface area (Å²) in [6.45, 7) is 7.08. The molecule has 0 aromatic rings. The standard InChI is InChI=1S/C24H51N.C2H4ClNO/c1-3-5-7-9-11-13-15-17-19-21-23-25-24-22-20-18-16-14-12-10-8-6-4-2;3-1-2(4)5/h25H,3-24H2,1-2H3;1H2,(H2,4,5). The number of nitrogens with two attached hydrogens (primary N) is 1. The van der Waals surface area contributed by atoms with E-state index in [4.69, 9.17) is 11.6 Å². The number of alkyl halides is 1. The largest absolute Gasteiger partial charge is 0.369 e. The van der Waals surface area contributed by atoms with Crippen molar-refractivity contribution in [3.8, 4) is 0 Å². The highest BCUT2D eigenvalue weighted by atomic mass is 35.5. The lowest BCUT2D eigenvalue weighted by molar-refractivity contribution is -0.115. The van der Waals surface area contributed by atoms with Crippen LogP contribution in [0.25, 0.3) is 0 Å². The number of carbonyl (C=O) groups is 1. The molecule has 0 aliphatic heterocycles. The average molecular weight is 447 g/mol. The van der Waals surface area contributed by atoms with Gasteiger partial charge in [0.2, 0.25) is 5.91 Å². The summed E-state index contributed by atoms with van der Waals surface area (Å²) in [5.74, 6) is -0.563. The highest BCUT2D eigenvalue weighted by molar-refractivity contribution is 6.27. The number of hydrogen-bond donors (Lipinski definition) is 2. The number of rotatable bonds is 23. The van der Waals surface area contributed by atoms with E-state index in [-0.39, 0.29) is 5.88 Å². The predicted octanol–water partition coefficient (Wildman–Crippen LogP) is 8.13. The fourth-order valence-corrected chi connectivity index (χ4v) is 3.60. The van der Waals surface area contributed by atoms with Gasteiger partial charge in [-0.1, -0.05) is 129 Å². The van der Waals surface area contributed by atoms with Crippen LogP contribution in [0.3, 0.4) is 0 Å². The minimum absolute atomic E-state index is 0.0833. The van der Waals surface area contributed by atoms with Crippen molar-refractivity contribution in [1.82, 2.24) is 5.32 Å². The van der Waals surface area contributed by atoms with Gasteiger partial charge in [-0.25, -0.2) is 0 Å². The van der Waals surface area contributed by atoms with Crippen molar-refractivity contribution in [1.29, 1.82) is 0 Å². The molecule has 0 unspecified atom stereocenters. The first kappa shape index (κ1) is 31.9. The van der Waals surface area contributed by atoms with Crippen LogP contribution >= 0.6 is 11.6 Å². The number of primary amides is 1. The minimum Gasteiger partial charge on any atom is -0.369 e. The first-order valence-electron chi connectivity index (χ1n) is 13.2. The van der Waals surface area contributed by atoms with Crippen molar-refractivity contribution < 1.29 is 4.79 Å². The molecule has 0 fully saturated rings. The zero-order chi connectivity index (χ0) is 22.5. The molecule has 0 atom stereocenters. The second kappa shape index (κ2) is 30.9. The summed E-state index contributed by atoms with van der Waals surface area (Å²) in [6.07, 6.45) is 28.8. The molecule has 0 aliphatic carbocycles. The van der Waals surface area contributed by atoms with Gasteiger partial charge in [0.1, 0.15) is 5.88 Å². The van der Waals surface area contributed by atoms with E-state index < -0.39 is 5.91 Å². The molecule has 0 aromatic heterocycles. The Morgan fingerprint density at radius 2 is 0.800 bits per heavy atom. The molecule has 0 radical (unpaired) electrons. The summed E-state index contributed by atoms with van der Waals surface area (Å²) in [7, 11) is 0. The second-order valence-corrected chi connectivity index (χ2v) is 8.98. The normalized spacial score (nSPS) is 10.6. The van der Waals surface area contributed by atoms with Gasteiger partial charge < -0.3 is 11.1 Å². The second-order valence-electron chi connectivity index (χ2n) is 8.71. The number of nitrogens with one attached hydrogen (secondary N) is 1. The van der Waals surface area contributed by atoms with E-state index in [1.54, 1.807) is 0 Å². The van der Waals surface area contributed by atoms with Gasteiger partial charge >= 0.3 is 0 Å². The minimum atomic E-state index is -0.480. The van der Waals surface area contributed by atoms with Crippen molar-refractivity contribution in [3.05, 3.63) is 0 Å².